The average molecular weight is 305 g/mol. The Morgan fingerprint density at radius 2 is 1.81 bits per heavy atom. The molecule has 0 radical (unpaired) electrons. The van der Waals surface area contributed by atoms with E-state index in [9.17, 15) is 13.2 Å². The molecule has 0 aliphatic heterocycles. The molecule has 6 heteroatoms. The molecule has 0 spiro atoms. The number of carboxylic acids is 1. The van der Waals surface area contributed by atoms with E-state index in [0.717, 1.165) is 22.9 Å². The van der Waals surface area contributed by atoms with Gasteiger partial charge in [-0.1, -0.05) is 30.3 Å². The summed E-state index contributed by atoms with van der Waals surface area (Å²) in [6, 6.07) is 12.2. The lowest BCUT2D eigenvalue weighted by Gasteiger charge is -2.12. The topological polar surface area (TPSA) is 83.5 Å². The Kier molecular flexibility index (Phi) is 3.99. The molecule has 2 rings (SSSR count). The zero-order chi connectivity index (χ0) is 15.6. The first-order chi connectivity index (χ1) is 9.78. The fraction of sp³-hybridized carbons (Fsp3) is 0.133. The molecule has 0 aromatic heterocycles. The second kappa shape index (κ2) is 5.57. The van der Waals surface area contributed by atoms with Crippen LogP contribution in [0.15, 0.2) is 42.5 Å². The summed E-state index contributed by atoms with van der Waals surface area (Å²) >= 11 is 0. The van der Waals surface area contributed by atoms with Crippen LogP contribution in [-0.2, 0) is 10.0 Å². The minimum absolute atomic E-state index is 0.0609. The number of aromatic carboxylic acids is 1. The van der Waals surface area contributed by atoms with E-state index in [4.69, 9.17) is 5.11 Å². The summed E-state index contributed by atoms with van der Waals surface area (Å²) in [5.41, 5.74) is 2.67. The summed E-state index contributed by atoms with van der Waals surface area (Å²) in [6.45, 7) is 1.93. The molecule has 0 aliphatic carbocycles. The van der Waals surface area contributed by atoms with E-state index in [-0.39, 0.29) is 11.3 Å². The Labute approximate surface area is 123 Å². The molecule has 110 valence electrons. The molecule has 5 nitrogen and oxygen atoms in total. The molecule has 0 unspecified atom stereocenters. The van der Waals surface area contributed by atoms with Gasteiger partial charge in [-0.25, -0.2) is 13.2 Å². The number of anilines is 1. The molecule has 2 aromatic rings. The molecule has 21 heavy (non-hydrogen) atoms. The van der Waals surface area contributed by atoms with Crippen LogP contribution in [0.4, 0.5) is 5.69 Å². The van der Waals surface area contributed by atoms with Gasteiger partial charge >= 0.3 is 5.97 Å². The van der Waals surface area contributed by atoms with Gasteiger partial charge in [0.2, 0.25) is 10.0 Å². The molecule has 0 atom stereocenters. The zero-order valence-corrected chi connectivity index (χ0v) is 12.4. The van der Waals surface area contributed by atoms with Gasteiger partial charge in [0.1, 0.15) is 0 Å². The van der Waals surface area contributed by atoms with Crippen molar-refractivity contribution < 1.29 is 18.3 Å². The second-order valence-corrected chi connectivity index (χ2v) is 6.50. The maximum absolute atomic E-state index is 11.4. The molecule has 0 saturated carbocycles. The number of rotatable bonds is 4. The van der Waals surface area contributed by atoms with Crippen molar-refractivity contribution >= 4 is 21.7 Å². The Hall–Kier alpha value is -2.34. The van der Waals surface area contributed by atoms with Crippen molar-refractivity contribution in [1.82, 2.24) is 0 Å². The quantitative estimate of drug-likeness (QED) is 0.909. The SMILES string of the molecule is Cc1ccccc1-c1ccc(C(=O)O)c(NS(C)(=O)=O)c1. The van der Waals surface area contributed by atoms with Gasteiger partial charge in [-0.2, -0.15) is 0 Å². The zero-order valence-electron chi connectivity index (χ0n) is 11.6. The maximum atomic E-state index is 11.4. The van der Waals surface area contributed by atoms with Gasteiger partial charge in [0.25, 0.3) is 0 Å². The van der Waals surface area contributed by atoms with Gasteiger partial charge in [0, 0.05) is 0 Å². The molecule has 0 bridgehead atoms. The highest BCUT2D eigenvalue weighted by molar-refractivity contribution is 7.92. The van der Waals surface area contributed by atoms with E-state index < -0.39 is 16.0 Å². The summed E-state index contributed by atoms with van der Waals surface area (Å²) in [6.07, 6.45) is 0.985. The highest BCUT2D eigenvalue weighted by atomic mass is 32.2. The number of carbonyl (C=O) groups is 1. The lowest BCUT2D eigenvalue weighted by Crippen LogP contribution is -2.13. The first-order valence-electron chi connectivity index (χ1n) is 6.19. The monoisotopic (exact) mass is 305 g/mol. The van der Waals surface area contributed by atoms with Gasteiger partial charge in [-0.3, -0.25) is 4.72 Å². The number of benzene rings is 2. The summed E-state index contributed by atoms with van der Waals surface area (Å²) in [4.78, 5) is 11.2. The highest BCUT2D eigenvalue weighted by Crippen LogP contribution is 2.28. The lowest BCUT2D eigenvalue weighted by molar-refractivity contribution is 0.0698. The van der Waals surface area contributed by atoms with Crippen molar-refractivity contribution in [3.63, 3.8) is 0 Å². The minimum Gasteiger partial charge on any atom is -0.478 e. The van der Waals surface area contributed by atoms with Crippen LogP contribution in [0.1, 0.15) is 15.9 Å². The smallest absolute Gasteiger partial charge is 0.337 e. The van der Waals surface area contributed by atoms with Crippen LogP contribution in [0.2, 0.25) is 0 Å². The van der Waals surface area contributed by atoms with Crippen LogP contribution in [0.5, 0.6) is 0 Å². The molecule has 2 N–H and O–H groups in total. The summed E-state index contributed by atoms with van der Waals surface area (Å²) in [5, 5.41) is 9.14. The van der Waals surface area contributed by atoms with E-state index in [1.807, 2.05) is 31.2 Å². The van der Waals surface area contributed by atoms with Crippen LogP contribution < -0.4 is 4.72 Å². The third-order valence-corrected chi connectivity index (χ3v) is 3.59. The minimum atomic E-state index is -3.56. The molecular formula is C15H15NO4S. The molecule has 2 aromatic carbocycles. The molecular weight excluding hydrogens is 290 g/mol. The van der Waals surface area contributed by atoms with E-state index in [0.29, 0.717) is 0 Å². The fourth-order valence-corrected chi connectivity index (χ4v) is 2.65. The average Bonchev–Trinajstić information content (AvgIpc) is 2.37. The maximum Gasteiger partial charge on any atom is 0.337 e. The largest absolute Gasteiger partial charge is 0.478 e. The van der Waals surface area contributed by atoms with Crippen molar-refractivity contribution in [3.05, 3.63) is 53.6 Å². The Morgan fingerprint density at radius 1 is 1.14 bits per heavy atom. The standard InChI is InChI=1S/C15H15NO4S/c1-10-5-3-4-6-12(10)11-7-8-13(15(17)18)14(9-11)16-21(2,19)20/h3-9,16H,1-2H3,(H,17,18). The van der Waals surface area contributed by atoms with Crippen LogP contribution in [0.3, 0.4) is 0 Å². The van der Waals surface area contributed by atoms with Gasteiger partial charge in [-0.15, -0.1) is 0 Å². The Morgan fingerprint density at radius 3 is 2.38 bits per heavy atom. The van der Waals surface area contributed by atoms with Crippen LogP contribution in [0, 0.1) is 6.92 Å². The van der Waals surface area contributed by atoms with Crippen molar-refractivity contribution in [2.45, 2.75) is 6.92 Å². The number of sulfonamides is 1. The van der Waals surface area contributed by atoms with Crippen molar-refractivity contribution in [1.29, 1.82) is 0 Å². The lowest BCUT2D eigenvalue weighted by atomic mass is 9.98. The number of aryl methyl sites for hydroxylation is 1. The first-order valence-corrected chi connectivity index (χ1v) is 8.08. The van der Waals surface area contributed by atoms with Gasteiger partial charge in [0.15, 0.2) is 0 Å². The first kappa shape index (κ1) is 15.1. The van der Waals surface area contributed by atoms with Crippen LogP contribution in [0.25, 0.3) is 11.1 Å². The number of hydrogen-bond donors (Lipinski definition) is 2. The predicted molar refractivity (Wildman–Crippen MR) is 82.0 cm³/mol. The van der Waals surface area contributed by atoms with E-state index >= 15 is 0 Å². The van der Waals surface area contributed by atoms with E-state index in [1.54, 1.807) is 6.07 Å². The summed E-state index contributed by atoms with van der Waals surface area (Å²) in [5.74, 6) is -1.18. The van der Waals surface area contributed by atoms with Crippen molar-refractivity contribution in [2.24, 2.45) is 0 Å². The molecule has 0 amide bonds. The molecule has 0 fully saturated rings. The van der Waals surface area contributed by atoms with E-state index in [2.05, 4.69) is 4.72 Å². The predicted octanol–water partition coefficient (Wildman–Crippen LogP) is 2.73. The molecule has 0 aliphatic rings. The number of carboxylic acid groups (broad SMARTS) is 1. The van der Waals surface area contributed by atoms with Crippen LogP contribution >= 0.6 is 0 Å². The van der Waals surface area contributed by atoms with E-state index in [1.165, 1.54) is 12.1 Å². The van der Waals surface area contributed by atoms with Crippen molar-refractivity contribution in [3.8, 4) is 11.1 Å². The van der Waals surface area contributed by atoms with Crippen molar-refractivity contribution in [2.75, 3.05) is 11.0 Å². The third kappa shape index (κ3) is 3.61. The van der Waals surface area contributed by atoms with Crippen LogP contribution in [-0.4, -0.2) is 25.7 Å². The second-order valence-electron chi connectivity index (χ2n) is 4.75. The van der Waals surface area contributed by atoms with Gasteiger partial charge in [-0.05, 0) is 35.7 Å². The van der Waals surface area contributed by atoms with Gasteiger partial charge < -0.3 is 5.11 Å². The third-order valence-electron chi connectivity index (χ3n) is 3.00. The summed E-state index contributed by atoms with van der Waals surface area (Å²) < 4.78 is 25.0. The molecule has 0 saturated heterocycles. The highest BCUT2D eigenvalue weighted by Gasteiger charge is 2.15. The fourth-order valence-electron chi connectivity index (χ4n) is 2.08. The normalized spacial score (nSPS) is 11.1. The Balaban J connectivity index is 2.59. The number of hydrogen-bond acceptors (Lipinski definition) is 3. The number of nitrogens with one attached hydrogen (secondary N) is 1. The molecule has 0 heterocycles. The Bertz CT molecular complexity index is 797. The summed E-state index contributed by atoms with van der Waals surface area (Å²) in [7, 11) is -3.56. The van der Waals surface area contributed by atoms with Gasteiger partial charge in [0.05, 0.1) is 17.5 Å².